The molecule has 1 aliphatic rings. The number of carbonyl (C=O) groups excluding carboxylic acids is 1. The summed E-state index contributed by atoms with van der Waals surface area (Å²) in [5.41, 5.74) is -0.770. The zero-order chi connectivity index (χ0) is 16.8. The van der Waals surface area contributed by atoms with Crippen molar-refractivity contribution in [1.29, 1.82) is 0 Å². The smallest absolute Gasteiger partial charge is 0.416 e. The molecule has 1 atom stereocenters. The quantitative estimate of drug-likeness (QED) is 0.922. The van der Waals surface area contributed by atoms with E-state index >= 15 is 0 Å². The molecular formula is C16H13F3N2O2. The average molecular weight is 322 g/mol. The van der Waals surface area contributed by atoms with Crippen LogP contribution in [0.2, 0.25) is 0 Å². The molecule has 0 saturated heterocycles. The molecule has 120 valence electrons. The van der Waals surface area contributed by atoms with Gasteiger partial charge in [0, 0.05) is 17.4 Å². The van der Waals surface area contributed by atoms with Gasteiger partial charge < -0.3 is 10.1 Å². The van der Waals surface area contributed by atoms with E-state index in [-0.39, 0.29) is 5.69 Å². The van der Waals surface area contributed by atoms with Gasteiger partial charge in [0.15, 0.2) is 0 Å². The lowest BCUT2D eigenvalue weighted by Crippen LogP contribution is -2.32. The third-order valence-corrected chi connectivity index (χ3v) is 4.13. The fourth-order valence-electron chi connectivity index (χ4n) is 2.85. The summed E-state index contributed by atoms with van der Waals surface area (Å²) in [6.07, 6.45) is -1.48. The minimum Gasteiger partial charge on any atom is -0.495 e. The van der Waals surface area contributed by atoms with E-state index < -0.39 is 23.1 Å². The van der Waals surface area contributed by atoms with Crippen molar-refractivity contribution < 1.29 is 22.7 Å². The van der Waals surface area contributed by atoms with E-state index in [1.165, 1.54) is 25.6 Å². The largest absolute Gasteiger partial charge is 0.495 e. The summed E-state index contributed by atoms with van der Waals surface area (Å²) in [7, 11) is 1.45. The first-order valence-electron chi connectivity index (χ1n) is 6.80. The molecule has 0 aliphatic carbocycles. The van der Waals surface area contributed by atoms with Crippen molar-refractivity contribution >= 4 is 11.6 Å². The van der Waals surface area contributed by atoms with Crippen molar-refractivity contribution in [3.63, 3.8) is 0 Å². The minimum absolute atomic E-state index is 0.159. The van der Waals surface area contributed by atoms with Crippen LogP contribution < -0.4 is 10.1 Å². The lowest BCUT2D eigenvalue weighted by atomic mass is 9.77. The Bertz CT molecular complexity index is 789. The number of hydrogen-bond donors (Lipinski definition) is 1. The van der Waals surface area contributed by atoms with Crippen LogP contribution in [0.15, 0.2) is 36.7 Å². The molecule has 4 nitrogen and oxygen atoms in total. The lowest BCUT2D eigenvalue weighted by molar-refractivity contribution is -0.137. The number of alkyl halides is 3. The molecule has 2 aromatic rings. The highest BCUT2D eigenvalue weighted by atomic mass is 19.4. The highest BCUT2D eigenvalue weighted by Gasteiger charge is 2.46. The van der Waals surface area contributed by atoms with Gasteiger partial charge in [-0.1, -0.05) is 6.07 Å². The molecule has 3 rings (SSSR count). The number of hydrogen-bond acceptors (Lipinski definition) is 3. The van der Waals surface area contributed by atoms with Crippen LogP contribution in [-0.2, 0) is 16.4 Å². The predicted octanol–water partition coefficient (Wildman–Crippen LogP) is 3.37. The van der Waals surface area contributed by atoms with Crippen molar-refractivity contribution in [2.24, 2.45) is 0 Å². The Labute approximate surface area is 130 Å². The maximum Gasteiger partial charge on any atom is 0.416 e. The molecule has 23 heavy (non-hydrogen) atoms. The Hall–Kier alpha value is -2.57. The number of benzene rings is 1. The van der Waals surface area contributed by atoms with Gasteiger partial charge in [0.05, 0.1) is 18.9 Å². The highest BCUT2D eigenvalue weighted by molar-refractivity contribution is 6.08. The number of fused-ring (bicyclic) bond motifs is 1. The number of rotatable bonds is 2. The molecule has 1 amide bonds. The molecule has 0 unspecified atom stereocenters. The number of carbonyl (C=O) groups is 1. The number of anilines is 1. The Morgan fingerprint density at radius 3 is 2.61 bits per heavy atom. The third kappa shape index (κ3) is 2.23. The molecule has 0 saturated carbocycles. The zero-order valence-electron chi connectivity index (χ0n) is 12.4. The fraction of sp³-hybridized carbons (Fsp3) is 0.250. The molecule has 1 aliphatic heterocycles. The maximum atomic E-state index is 12.8. The van der Waals surface area contributed by atoms with Gasteiger partial charge in [-0.05, 0) is 30.7 Å². The summed E-state index contributed by atoms with van der Waals surface area (Å²) in [5.74, 6) is -0.00535. The maximum absolute atomic E-state index is 12.8. The highest BCUT2D eigenvalue weighted by Crippen LogP contribution is 2.46. The molecule has 1 N–H and O–H groups in total. The second-order valence-electron chi connectivity index (χ2n) is 5.41. The predicted molar refractivity (Wildman–Crippen MR) is 77.3 cm³/mol. The molecule has 0 radical (unpaired) electrons. The summed E-state index contributed by atoms with van der Waals surface area (Å²) < 4.78 is 43.8. The van der Waals surface area contributed by atoms with E-state index in [2.05, 4.69) is 10.3 Å². The van der Waals surface area contributed by atoms with Gasteiger partial charge in [-0.25, -0.2) is 0 Å². The van der Waals surface area contributed by atoms with E-state index in [1.807, 2.05) is 0 Å². The van der Waals surface area contributed by atoms with Gasteiger partial charge >= 0.3 is 6.18 Å². The number of aromatic nitrogens is 1. The van der Waals surface area contributed by atoms with E-state index in [0.717, 1.165) is 12.1 Å². The van der Waals surface area contributed by atoms with E-state index in [4.69, 9.17) is 4.74 Å². The number of pyridine rings is 1. The van der Waals surface area contributed by atoms with Crippen molar-refractivity contribution in [2.45, 2.75) is 18.5 Å². The van der Waals surface area contributed by atoms with Crippen molar-refractivity contribution in [2.75, 3.05) is 12.4 Å². The standard InChI is InChI=1S/C16H13F3N2O2/c1-15(11-5-6-20-8-13(11)23-2)10-4-3-9(16(17,18)19)7-12(10)21-14(15)22/h3-8H,1-2H3,(H,21,22)/t15-/m0/s1. The molecule has 0 spiro atoms. The number of nitrogens with one attached hydrogen (secondary N) is 1. The monoisotopic (exact) mass is 322 g/mol. The SMILES string of the molecule is COc1cnccc1[C@@]1(C)C(=O)Nc2cc(C(F)(F)F)ccc21. The van der Waals surface area contributed by atoms with Crippen LogP contribution in [0.25, 0.3) is 0 Å². The number of methoxy groups -OCH3 is 1. The molecule has 1 aromatic heterocycles. The number of halogens is 3. The van der Waals surface area contributed by atoms with Gasteiger partial charge in [-0.2, -0.15) is 13.2 Å². The van der Waals surface area contributed by atoms with Crippen LogP contribution in [0.3, 0.4) is 0 Å². The first-order valence-corrected chi connectivity index (χ1v) is 6.80. The Morgan fingerprint density at radius 2 is 1.96 bits per heavy atom. The normalized spacial score (nSPS) is 20.1. The van der Waals surface area contributed by atoms with Gasteiger partial charge in [-0.15, -0.1) is 0 Å². The Kier molecular flexibility index (Phi) is 3.31. The summed E-state index contributed by atoms with van der Waals surface area (Å²) in [4.78, 5) is 16.5. The summed E-state index contributed by atoms with van der Waals surface area (Å²) in [5, 5.41) is 2.54. The summed E-state index contributed by atoms with van der Waals surface area (Å²) >= 11 is 0. The van der Waals surface area contributed by atoms with Crippen LogP contribution in [-0.4, -0.2) is 18.0 Å². The molecular weight excluding hydrogens is 309 g/mol. The molecule has 1 aromatic carbocycles. The summed E-state index contributed by atoms with van der Waals surface area (Å²) in [6.45, 7) is 1.65. The van der Waals surface area contributed by atoms with Gasteiger partial charge in [0.2, 0.25) is 5.91 Å². The third-order valence-electron chi connectivity index (χ3n) is 4.13. The van der Waals surface area contributed by atoms with Crippen LogP contribution in [0.1, 0.15) is 23.6 Å². The second kappa shape index (κ2) is 4.97. The first-order chi connectivity index (χ1) is 10.8. The lowest BCUT2D eigenvalue weighted by Gasteiger charge is -2.24. The number of nitrogens with zero attached hydrogens (tertiary/aromatic N) is 1. The Balaban J connectivity index is 2.19. The van der Waals surface area contributed by atoms with Crippen LogP contribution in [0.5, 0.6) is 5.75 Å². The van der Waals surface area contributed by atoms with Crippen LogP contribution in [0.4, 0.5) is 18.9 Å². The topological polar surface area (TPSA) is 51.2 Å². The van der Waals surface area contributed by atoms with Crippen LogP contribution >= 0.6 is 0 Å². The number of ether oxygens (including phenoxy) is 1. The first kappa shape index (κ1) is 15.3. The van der Waals surface area contributed by atoms with E-state index in [0.29, 0.717) is 16.9 Å². The van der Waals surface area contributed by atoms with E-state index in [9.17, 15) is 18.0 Å². The van der Waals surface area contributed by atoms with E-state index in [1.54, 1.807) is 13.0 Å². The molecule has 7 heteroatoms. The molecule has 2 heterocycles. The van der Waals surface area contributed by atoms with Crippen LogP contribution in [0, 0.1) is 0 Å². The van der Waals surface area contributed by atoms with Crippen molar-refractivity contribution in [1.82, 2.24) is 4.98 Å². The Morgan fingerprint density at radius 1 is 1.22 bits per heavy atom. The van der Waals surface area contributed by atoms with Gasteiger partial charge in [-0.3, -0.25) is 9.78 Å². The zero-order valence-corrected chi connectivity index (χ0v) is 12.4. The van der Waals surface area contributed by atoms with Crippen molar-refractivity contribution in [3.8, 4) is 5.75 Å². The fourth-order valence-corrected chi connectivity index (χ4v) is 2.85. The average Bonchev–Trinajstić information content (AvgIpc) is 2.78. The molecule has 0 fully saturated rings. The molecule has 0 bridgehead atoms. The van der Waals surface area contributed by atoms with Gasteiger partial charge in [0.1, 0.15) is 11.2 Å². The minimum atomic E-state index is -4.47. The number of amides is 1. The van der Waals surface area contributed by atoms with Gasteiger partial charge in [0.25, 0.3) is 0 Å². The second-order valence-corrected chi connectivity index (χ2v) is 5.41. The van der Waals surface area contributed by atoms with Crippen molar-refractivity contribution in [3.05, 3.63) is 53.3 Å². The summed E-state index contributed by atoms with van der Waals surface area (Å²) in [6, 6.07) is 4.89.